The molecule has 2 unspecified atom stereocenters. The van der Waals surface area contributed by atoms with Gasteiger partial charge in [0.15, 0.2) is 0 Å². The van der Waals surface area contributed by atoms with Crippen molar-refractivity contribution >= 4 is 5.97 Å². The lowest BCUT2D eigenvalue weighted by molar-refractivity contribution is -0.147. The first-order chi connectivity index (χ1) is 16.2. The first-order valence-electron chi connectivity index (χ1n) is 13.7. The average molecular weight is 455 g/mol. The zero-order valence-corrected chi connectivity index (χ0v) is 21.0. The first kappa shape index (κ1) is 25.8. The maximum absolute atomic E-state index is 12.9. The van der Waals surface area contributed by atoms with E-state index in [9.17, 15) is 4.79 Å². The van der Waals surface area contributed by atoms with Crippen LogP contribution in [0, 0.1) is 17.3 Å². The van der Waals surface area contributed by atoms with Gasteiger partial charge in [0.2, 0.25) is 0 Å². The van der Waals surface area contributed by atoms with Gasteiger partial charge < -0.3 is 9.47 Å². The molecule has 0 aliphatic heterocycles. The highest BCUT2D eigenvalue weighted by Crippen LogP contribution is 2.41. The van der Waals surface area contributed by atoms with Crippen molar-refractivity contribution in [2.75, 3.05) is 6.61 Å². The van der Waals surface area contributed by atoms with Crippen LogP contribution in [0.1, 0.15) is 110 Å². The quantitative estimate of drug-likeness (QED) is 0.129. The van der Waals surface area contributed by atoms with E-state index >= 15 is 0 Å². The molecule has 0 aromatic heterocycles. The number of allylic oxidation sites excluding steroid dienone is 1. The fourth-order valence-corrected chi connectivity index (χ4v) is 6.05. The molecule has 1 aromatic rings. The van der Waals surface area contributed by atoms with Gasteiger partial charge in [0.25, 0.3) is 0 Å². The summed E-state index contributed by atoms with van der Waals surface area (Å²) < 4.78 is 11.8. The van der Waals surface area contributed by atoms with Gasteiger partial charge >= 0.3 is 5.97 Å². The Balaban J connectivity index is 1.41. The zero-order chi connectivity index (χ0) is 23.4. The second kappa shape index (κ2) is 13.8. The maximum Gasteiger partial charge on any atom is 0.317 e. The van der Waals surface area contributed by atoms with E-state index in [1.807, 2.05) is 30.3 Å². The molecule has 3 nitrogen and oxygen atoms in total. The number of hydrogen-bond donors (Lipinski definition) is 0. The van der Waals surface area contributed by atoms with E-state index in [2.05, 4.69) is 13.5 Å². The minimum atomic E-state index is -0.386. The van der Waals surface area contributed by atoms with Gasteiger partial charge in [0.05, 0.1) is 12.0 Å². The molecule has 2 fully saturated rings. The van der Waals surface area contributed by atoms with Crippen molar-refractivity contribution < 1.29 is 14.3 Å². The van der Waals surface area contributed by atoms with Crippen molar-refractivity contribution in [3.05, 3.63) is 36.9 Å². The van der Waals surface area contributed by atoms with Gasteiger partial charge in [-0.05, 0) is 68.2 Å². The fourth-order valence-electron chi connectivity index (χ4n) is 6.05. The number of carbonyl (C=O) groups excluding carboxylic acids is 1. The topological polar surface area (TPSA) is 35.5 Å². The van der Waals surface area contributed by atoms with E-state index in [0.29, 0.717) is 12.2 Å². The predicted octanol–water partition coefficient (Wildman–Crippen LogP) is 8.66. The molecule has 0 spiro atoms. The van der Waals surface area contributed by atoms with Crippen LogP contribution in [0.2, 0.25) is 0 Å². The smallest absolute Gasteiger partial charge is 0.317 e. The van der Waals surface area contributed by atoms with Crippen LogP contribution < -0.4 is 9.47 Å². The van der Waals surface area contributed by atoms with E-state index < -0.39 is 0 Å². The Bertz CT molecular complexity index is 702. The zero-order valence-electron chi connectivity index (χ0n) is 21.0. The Morgan fingerprint density at radius 1 is 0.939 bits per heavy atom. The lowest BCUT2D eigenvalue weighted by Gasteiger charge is -2.33. The molecule has 0 saturated heterocycles. The number of ether oxygens (including phenoxy) is 2. The highest BCUT2D eigenvalue weighted by molar-refractivity contribution is 5.79. The van der Waals surface area contributed by atoms with Crippen LogP contribution in [0.3, 0.4) is 0 Å². The van der Waals surface area contributed by atoms with Crippen LogP contribution in [0.5, 0.6) is 11.5 Å². The highest BCUT2D eigenvalue weighted by atomic mass is 16.5. The highest BCUT2D eigenvalue weighted by Gasteiger charge is 2.40. The molecule has 2 aliphatic carbocycles. The largest absolute Gasteiger partial charge is 0.494 e. The molecule has 0 heterocycles. The van der Waals surface area contributed by atoms with Crippen molar-refractivity contribution in [3.63, 3.8) is 0 Å². The van der Waals surface area contributed by atoms with Gasteiger partial charge in [0, 0.05) is 0 Å². The number of esters is 1. The summed E-state index contributed by atoms with van der Waals surface area (Å²) in [5.74, 6) is 3.20. The van der Waals surface area contributed by atoms with Crippen LogP contribution in [-0.4, -0.2) is 12.6 Å². The lowest BCUT2D eigenvalue weighted by atomic mass is 9.72. The molecule has 0 amide bonds. The lowest BCUT2D eigenvalue weighted by Crippen LogP contribution is -2.36. The molecule has 0 bridgehead atoms. The van der Waals surface area contributed by atoms with E-state index in [0.717, 1.165) is 56.3 Å². The summed E-state index contributed by atoms with van der Waals surface area (Å²) in [4.78, 5) is 12.9. The minimum absolute atomic E-state index is 0.100. The Morgan fingerprint density at radius 3 is 2.21 bits per heavy atom. The number of rotatable bonds is 13. The number of unbranched alkanes of at least 4 members (excludes halogenated alkanes) is 2. The second-order valence-electron chi connectivity index (χ2n) is 10.5. The molecule has 3 heteroatoms. The summed E-state index contributed by atoms with van der Waals surface area (Å²) in [6.45, 7) is 6.92. The molecule has 0 N–H and O–H groups in total. The van der Waals surface area contributed by atoms with Crippen molar-refractivity contribution in [1.82, 2.24) is 0 Å². The molecule has 3 rings (SSSR count). The monoisotopic (exact) mass is 454 g/mol. The van der Waals surface area contributed by atoms with E-state index in [1.165, 1.54) is 64.2 Å². The van der Waals surface area contributed by atoms with Crippen molar-refractivity contribution in [2.24, 2.45) is 17.3 Å². The number of benzene rings is 1. The van der Waals surface area contributed by atoms with Crippen LogP contribution in [0.4, 0.5) is 0 Å². The third-order valence-electron chi connectivity index (χ3n) is 8.05. The standard InChI is InChI=1S/C30H46O3/c1-3-5-7-13-25-14-8-9-15-26(25)16-12-24-32-27-17-19-28(20-18-27)33-29(31)30(21-4-2)22-10-6-11-23-30/h4,17-20,25-26H,2-3,5-16,21-24H2,1H3. The SMILES string of the molecule is C=CCC1(C(=O)Oc2ccc(OCCCC3CCCCC3CCCCC)cc2)CCCCC1. The maximum atomic E-state index is 12.9. The summed E-state index contributed by atoms with van der Waals surface area (Å²) >= 11 is 0. The second-order valence-corrected chi connectivity index (χ2v) is 10.5. The molecule has 184 valence electrons. The van der Waals surface area contributed by atoms with E-state index in [-0.39, 0.29) is 11.4 Å². The van der Waals surface area contributed by atoms with E-state index in [1.54, 1.807) is 0 Å². The summed E-state index contributed by atoms with van der Waals surface area (Å²) in [5, 5.41) is 0. The van der Waals surface area contributed by atoms with E-state index in [4.69, 9.17) is 9.47 Å². The van der Waals surface area contributed by atoms with Crippen LogP contribution in [0.15, 0.2) is 36.9 Å². The minimum Gasteiger partial charge on any atom is -0.494 e. The summed E-state index contributed by atoms with van der Waals surface area (Å²) in [7, 11) is 0. The number of hydrogen-bond acceptors (Lipinski definition) is 3. The molecule has 2 aliphatic rings. The Kier molecular flexibility index (Phi) is 10.8. The molecule has 33 heavy (non-hydrogen) atoms. The van der Waals surface area contributed by atoms with Gasteiger partial charge in [-0.15, -0.1) is 6.58 Å². The summed E-state index contributed by atoms with van der Waals surface area (Å²) in [5.41, 5.74) is -0.386. The van der Waals surface area contributed by atoms with Gasteiger partial charge in [-0.25, -0.2) is 0 Å². The number of carbonyl (C=O) groups is 1. The first-order valence-corrected chi connectivity index (χ1v) is 13.7. The van der Waals surface area contributed by atoms with Crippen LogP contribution in [-0.2, 0) is 4.79 Å². The van der Waals surface area contributed by atoms with Gasteiger partial charge in [-0.2, -0.15) is 0 Å². The molecule has 1 aromatic carbocycles. The summed E-state index contributed by atoms with van der Waals surface area (Å²) in [6.07, 6.45) is 21.4. The predicted molar refractivity (Wildman–Crippen MR) is 137 cm³/mol. The molecule has 0 radical (unpaired) electrons. The molecule has 2 atom stereocenters. The van der Waals surface area contributed by atoms with Crippen molar-refractivity contribution in [1.29, 1.82) is 0 Å². The molecular weight excluding hydrogens is 408 g/mol. The van der Waals surface area contributed by atoms with Gasteiger partial charge in [-0.1, -0.05) is 83.6 Å². The molecule has 2 saturated carbocycles. The third kappa shape index (κ3) is 7.90. The third-order valence-corrected chi connectivity index (χ3v) is 8.05. The van der Waals surface area contributed by atoms with Crippen LogP contribution >= 0.6 is 0 Å². The van der Waals surface area contributed by atoms with Crippen molar-refractivity contribution in [3.8, 4) is 11.5 Å². The Hall–Kier alpha value is -1.77. The fraction of sp³-hybridized carbons (Fsp3) is 0.700. The Morgan fingerprint density at radius 2 is 1.58 bits per heavy atom. The molecular formula is C30H46O3. The van der Waals surface area contributed by atoms with Crippen LogP contribution in [0.25, 0.3) is 0 Å². The summed E-state index contributed by atoms with van der Waals surface area (Å²) in [6, 6.07) is 7.58. The normalized spacial score (nSPS) is 22.5. The van der Waals surface area contributed by atoms with Gasteiger partial charge in [-0.3, -0.25) is 4.79 Å². The average Bonchev–Trinajstić information content (AvgIpc) is 2.84. The van der Waals surface area contributed by atoms with Gasteiger partial charge in [0.1, 0.15) is 11.5 Å². The van der Waals surface area contributed by atoms with Crippen molar-refractivity contribution in [2.45, 2.75) is 110 Å². The Labute approximate surface area is 202 Å².